The number of nitrogens with two attached hydrogens (primary N) is 1. The fourth-order valence-corrected chi connectivity index (χ4v) is 2.61. The molecule has 2 N–H and O–H groups in total. The van der Waals surface area contributed by atoms with Crippen molar-refractivity contribution >= 4 is 11.8 Å². The third-order valence-electron chi connectivity index (χ3n) is 2.61. The van der Waals surface area contributed by atoms with Gasteiger partial charge in [0.1, 0.15) is 11.6 Å². The maximum atomic E-state index is 13.4. The smallest absolute Gasteiger partial charge is 0.136 e. The molecule has 2 aromatic carbocycles. The van der Waals surface area contributed by atoms with Crippen LogP contribution in [-0.2, 0) is 12.3 Å². The van der Waals surface area contributed by atoms with Crippen LogP contribution >= 0.6 is 11.8 Å². The van der Waals surface area contributed by atoms with Gasteiger partial charge in [0.2, 0.25) is 0 Å². The van der Waals surface area contributed by atoms with Crippen LogP contribution in [0.3, 0.4) is 0 Å². The van der Waals surface area contributed by atoms with E-state index in [1.165, 1.54) is 30.0 Å². The van der Waals surface area contributed by atoms with Gasteiger partial charge in [0, 0.05) is 17.2 Å². The largest absolute Gasteiger partial charge is 0.326 e. The minimum Gasteiger partial charge on any atom is -0.326 e. The predicted molar refractivity (Wildman–Crippen MR) is 70.3 cm³/mol. The van der Waals surface area contributed by atoms with Crippen molar-refractivity contribution in [1.82, 2.24) is 0 Å². The van der Waals surface area contributed by atoms with Crippen molar-refractivity contribution in [3.8, 4) is 0 Å². The quantitative estimate of drug-likeness (QED) is 0.853. The zero-order chi connectivity index (χ0) is 13.0. The van der Waals surface area contributed by atoms with Crippen LogP contribution in [0.4, 0.5) is 8.78 Å². The molecule has 0 bridgehead atoms. The van der Waals surface area contributed by atoms with Gasteiger partial charge < -0.3 is 5.73 Å². The standard InChI is InChI=1S/C14H13F2NS/c15-12-6-5-10(8-17)11(7-12)9-18-14-4-2-1-3-13(14)16/h1-7H,8-9,17H2. The van der Waals surface area contributed by atoms with E-state index in [0.29, 0.717) is 17.2 Å². The van der Waals surface area contributed by atoms with Crippen molar-refractivity contribution in [1.29, 1.82) is 0 Å². The Bertz CT molecular complexity index is 543. The molecule has 2 rings (SSSR count). The fraction of sp³-hybridized carbons (Fsp3) is 0.143. The summed E-state index contributed by atoms with van der Waals surface area (Å²) in [6.07, 6.45) is 0. The van der Waals surface area contributed by atoms with Gasteiger partial charge in [-0.15, -0.1) is 11.8 Å². The molecule has 4 heteroatoms. The number of benzene rings is 2. The molecule has 0 saturated heterocycles. The van der Waals surface area contributed by atoms with Gasteiger partial charge in [-0.05, 0) is 35.4 Å². The van der Waals surface area contributed by atoms with Crippen molar-refractivity contribution in [2.24, 2.45) is 5.73 Å². The summed E-state index contributed by atoms with van der Waals surface area (Å²) >= 11 is 1.34. The second kappa shape index (κ2) is 5.98. The zero-order valence-electron chi connectivity index (χ0n) is 9.70. The summed E-state index contributed by atoms with van der Waals surface area (Å²) in [4.78, 5) is 0.560. The summed E-state index contributed by atoms with van der Waals surface area (Å²) in [6.45, 7) is 0.355. The Morgan fingerprint density at radius 2 is 1.78 bits per heavy atom. The second-order valence-electron chi connectivity index (χ2n) is 3.84. The highest BCUT2D eigenvalue weighted by atomic mass is 32.2. The molecule has 0 atom stereocenters. The van der Waals surface area contributed by atoms with Gasteiger partial charge >= 0.3 is 0 Å². The maximum Gasteiger partial charge on any atom is 0.136 e. The van der Waals surface area contributed by atoms with Crippen LogP contribution in [-0.4, -0.2) is 0 Å². The third-order valence-corrected chi connectivity index (χ3v) is 3.71. The summed E-state index contributed by atoms with van der Waals surface area (Å²) in [5.41, 5.74) is 7.29. The highest BCUT2D eigenvalue weighted by molar-refractivity contribution is 7.98. The fourth-order valence-electron chi connectivity index (χ4n) is 1.65. The molecule has 0 saturated carbocycles. The molecule has 18 heavy (non-hydrogen) atoms. The Balaban J connectivity index is 2.15. The van der Waals surface area contributed by atoms with Crippen molar-refractivity contribution < 1.29 is 8.78 Å². The van der Waals surface area contributed by atoms with Crippen LogP contribution < -0.4 is 5.73 Å². The molecular formula is C14H13F2NS. The van der Waals surface area contributed by atoms with Gasteiger partial charge in [0.15, 0.2) is 0 Å². The van der Waals surface area contributed by atoms with E-state index in [1.54, 1.807) is 24.3 Å². The summed E-state index contributed by atoms with van der Waals surface area (Å²) in [6, 6.07) is 11.1. The predicted octanol–water partition coefficient (Wildman–Crippen LogP) is 3.72. The number of rotatable bonds is 4. The lowest BCUT2D eigenvalue weighted by Crippen LogP contribution is -2.01. The van der Waals surface area contributed by atoms with Crippen LogP contribution in [0.1, 0.15) is 11.1 Å². The Labute approximate surface area is 109 Å². The molecule has 0 amide bonds. The van der Waals surface area contributed by atoms with E-state index < -0.39 is 0 Å². The Hall–Kier alpha value is -1.39. The monoisotopic (exact) mass is 265 g/mol. The Kier molecular flexibility index (Phi) is 4.33. The van der Waals surface area contributed by atoms with Crippen LogP contribution in [0.15, 0.2) is 47.4 Å². The molecule has 0 heterocycles. The van der Waals surface area contributed by atoms with Crippen molar-refractivity contribution in [2.75, 3.05) is 0 Å². The summed E-state index contributed by atoms with van der Waals surface area (Å²) in [7, 11) is 0. The normalized spacial score (nSPS) is 10.6. The van der Waals surface area contributed by atoms with E-state index >= 15 is 0 Å². The van der Waals surface area contributed by atoms with Gasteiger partial charge in [0.25, 0.3) is 0 Å². The molecule has 0 spiro atoms. The van der Waals surface area contributed by atoms with Gasteiger partial charge in [-0.1, -0.05) is 18.2 Å². The molecule has 0 aromatic heterocycles. The lowest BCUT2D eigenvalue weighted by Gasteiger charge is -2.08. The number of halogens is 2. The average molecular weight is 265 g/mol. The van der Waals surface area contributed by atoms with Crippen LogP contribution in [0.5, 0.6) is 0 Å². The first-order valence-corrected chi connectivity index (χ1v) is 6.54. The Morgan fingerprint density at radius 3 is 2.50 bits per heavy atom. The number of hydrogen-bond donors (Lipinski definition) is 1. The van der Waals surface area contributed by atoms with E-state index in [-0.39, 0.29) is 11.6 Å². The van der Waals surface area contributed by atoms with E-state index in [4.69, 9.17) is 5.73 Å². The molecule has 0 aliphatic rings. The molecule has 0 aliphatic carbocycles. The van der Waals surface area contributed by atoms with E-state index in [1.807, 2.05) is 0 Å². The van der Waals surface area contributed by atoms with Gasteiger partial charge in [-0.2, -0.15) is 0 Å². The van der Waals surface area contributed by atoms with E-state index in [2.05, 4.69) is 0 Å². The second-order valence-corrected chi connectivity index (χ2v) is 4.85. The highest BCUT2D eigenvalue weighted by Crippen LogP contribution is 2.26. The first-order chi connectivity index (χ1) is 8.70. The molecule has 0 aliphatic heterocycles. The molecule has 0 unspecified atom stereocenters. The van der Waals surface area contributed by atoms with Crippen LogP contribution in [0.2, 0.25) is 0 Å². The SMILES string of the molecule is NCc1ccc(F)cc1CSc1ccccc1F. The average Bonchev–Trinajstić information content (AvgIpc) is 2.38. The molecule has 94 valence electrons. The number of hydrogen-bond acceptors (Lipinski definition) is 2. The van der Waals surface area contributed by atoms with Crippen molar-refractivity contribution in [3.63, 3.8) is 0 Å². The lowest BCUT2D eigenvalue weighted by molar-refractivity contribution is 0.602. The molecule has 0 radical (unpaired) electrons. The molecule has 2 aromatic rings. The van der Waals surface area contributed by atoms with E-state index in [9.17, 15) is 8.78 Å². The topological polar surface area (TPSA) is 26.0 Å². The molecular weight excluding hydrogens is 252 g/mol. The highest BCUT2D eigenvalue weighted by Gasteiger charge is 2.06. The van der Waals surface area contributed by atoms with Gasteiger partial charge in [0.05, 0.1) is 0 Å². The van der Waals surface area contributed by atoms with Crippen molar-refractivity contribution in [2.45, 2.75) is 17.2 Å². The minimum atomic E-state index is -0.295. The van der Waals surface area contributed by atoms with Gasteiger partial charge in [-0.3, -0.25) is 0 Å². The number of thioether (sulfide) groups is 1. The first-order valence-electron chi connectivity index (χ1n) is 5.55. The first kappa shape index (κ1) is 13.1. The molecule has 1 nitrogen and oxygen atoms in total. The lowest BCUT2D eigenvalue weighted by atomic mass is 10.1. The Morgan fingerprint density at radius 1 is 1.00 bits per heavy atom. The van der Waals surface area contributed by atoms with Crippen molar-refractivity contribution in [3.05, 3.63) is 65.2 Å². The summed E-state index contributed by atoms with van der Waals surface area (Å²) < 4.78 is 26.6. The minimum absolute atomic E-state index is 0.256. The summed E-state index contributed by atoms with van der Waals surface area (Å²) in [5.74, 6) is -0.0462. The zero-order valence-corrected chi connectivity index (χ0v) is 10.5. The van der Waals surface area contributed by atoms with Gasteiger partial charge in [-0.25, -0.2) is 8.78 Å². The summed E-state index contributed by atoms with van der Waals surface area (Å²) in [5, 5.41) is 0. The van der Waals surface area contributed by atoms with E-state index in [0.717, 1.165) is 11.1 Å². The van der Waals surface area contributed by atoms with Crippen LogP contribution in [0, 0.1) is 11.6 Å². The molecule has 0 fully saturated rings. The van der Waals surface area contributed by atoms with Crippen LogP contribution in [0.25, 0.3) is 0 Å². The maximum absolute atomic E-state index is 13.4. The third kappa shape index (κ3) is 3.09.